The Labute approximate surface area is 101 Å². The summed E-state index contributed by atoms with van der Waals surface area (Å²) < 4.78 is 1.68. The lowest BCUT2D eigenvalue weighted by molar-refractivity contribution is 0.0691. The van der Waals surface area contributed by atoms with Gasteiger partial charge in [0.2, 0.25) is 0 Å². The third-order valence-electron chi connectivity index (χ3n) is 2.62. The van der Waals surface area contributed by atoms with Crippen LogP contribution in [0.4, 0.5) is 0 Å². The first-order valence-electron chi connectivity index (χ1n) is 4.95. The molecule has 84 valence electrons. The molecule has 0 saturated heterocycles. The van der Waals surface area contributed by atoms with E-state index in [-0.39, 0.29) is 5.69 Å². The van der Waals surface area contributed by atoms with Crippen molar-refractivity contribution in [2.75, 3.05) is 0 Å². The highest BCUT2D eigenvalue weighted by atomic mass is 35.5. The molecule has 4 nitrogen and oxygen atoms in total. The molecule has 2 heterocycles. The van der Waals surface area contributed by atoms with Crippen molar-refractivity contribution in [1.29, 1.82) is 0 Å². The standard InChI is InChI=1S/C12H7ClN2O2/c13-8-2-1-7-3-4-15-6-10(12(16)17)14-11(15)9(7)5-8/h1-6H,(H,16,17). The Morgan fingerprint density at radius 1 is 1.35 bits per heavy atom. The summed E-state index contributed by atoms with van der Waals surface area (Å²) in [6.07, 6.45) is 3.27. The second-order valence-electron chi connectivity index (χ2n) is 3.71. The average molecular weight is 247 g/mol. The second-order valence-corrected chi connectivity index (χ2v) is 4.15. The number of pyridine rings is 1. The fourth-order valence-corrected chi connectivity index (χ4v) is 2.01. The lowest BCUT2D eigenvalue weighted by Crippen LogP contribution is -1.94. The summed E-state index contributed by atoms with van der Waals surface area (Å²) in [5.41, 5.74) is 0.625. The van der Waals surface area contributed by atoms with Gasteiger partial charge in [0.15, 0.2) is 5.69 Å². The van der Waals surface area contributed by atoms with Crippen molar-refractivity contribution < 1.29 is 9.90 Å². The number of carboxylic acids is 1. The average Bonchev–Trinajstić information content (AvgIpc) is 2.73. The number of halogens is 1. The number of benzene rings is 1. The summed E-state index contributed by atoms with van der Waals surface area (Å²) in [5, 5.41) is 11.3. The predicted molar refractivity (Wildman–Crippen MR) is 64.7 cm³/mol. The van der Waals surface area contributed by atoms with Gasteiger partial charge in [0.1, 0.15) is 5.65 Å². The van der Waals surface area contributed by atoms with Gasteiger partial charge in [-0.3, -0.25) is 0 Å². The van der Waals surface area contributed by atoms with Crippen LogP contribution in [-0.2, 0) is 0 Å². The van der Waals surface area contributed by atoms with Crippen molar-refractivity contribution >= 4 is 34.0 Å². The predicted octanol–water partition coefficient (Wildman–Crippen LogP) is 2.84. The first-order valence-corrected chi connectivity index (χ1v) is 5.33. The van der Waals surface area contributed by atoms with Crippen molar-refractivity contribution in [2.45, 2.75) is 0 Å². The van der Waals surface area contributed by atoms with Crippen LogP contribution in [0.2, 0.25) is 5.02 Å². The van der Waals surface area contributed by atoms with Crippen LogP contribution in [0.15, 0.2) is 36.7 Å². The Balaban J connectivity index is 2.45. The molecule has 0 bridgehead atoms. The van der Waals surface area contributed by atoms with Crippen LogP contribution in [-0.4, -0.2) is 20.5 Å². The van der Waals surface area contributed by atoms with E-state index in [1.165, 1.54) is 6.20 Å². The van der Waals surface area contributed by atoms with E-state index in [0.29, 0.717) is 10.7 Å². The molecule has 3 aromatic rings. The van der Waals surface area contributed by atoms with Gasteiger partial charge in [0.05, 0.1) is 0 Å². The van der Waals surface area contributed by atoms with Crippen LogP contribution in [0.25, 0.3) is 16.4 Å². The molecule has 0 atom stereocenters. The number of hydrogen-bond donors (Lipinski definition) is 1. The Morgan fingerprint density at radius 2 is 2.18 bits per heavy atom. The van der Waals surface area contributed by atoms with Gasteiger partial charge in [-0.1, -0.05) is 17.7 Å². The lowest BCUT2D eigenvalue weighted by atomic mass is 10.2. The molecule has 2 aromatic heterocycles. The minimum absolute atomic E-state index is 0.0254. The van der Waals surface area contributed by atoms with Crippen LogP contribution in [0.5, 0.6) is 0 Å². The normalized spacial score (nSPS) is 11.1. The molecule has 0 saturated carbocycles. The number of nitrogens with zero attached hydrogens (tertiary/aromatic N) is 2. The van der Waals surface area contributed by atoms with Gasteiger partial charge in [-0.05, 0) is 23.6 Å². The molecule has 0 fully saturated rings. The number of aromatic carboxylic acids is 1. The molecule has 17 heavy (non-hydrogen) atoms. The van der Waals surface area contributed by atoms with E-state index in [0.717, 1.165) is 10.8 Å². The number of aromatic nitrogens is 2. The monoisotopic (exact) mass is 246 g/mol. The Hall–Kier alpha value is -2.07. The summed E-state index contributed by atoms with van der Waals surface area (Å²) in [7, 11) is 0. The highest BCUT2D eigenvalue weighted by molar-refractivity contribution is 6.31. The van der Waals surface area contributed by atoms with E-state index in [1.807, 2.05) is 12.1 Å². The van der Waals surface area contributed by atoms with E-state index in [2.05, 4.69) is 4.98 Å². The molecule has 0 unspecified atom stereocenters. The zero-order chi connectivity index (χ0) is 12.0. The quantitative estimate of drug-likeness (QED) is 0.718. The molecule has 0 amide bonds. The van der Waals surface area contributed by atoms with Crippen molar-refractivity contribution in [3.8, 4) is 0 Å². The Bertz CT molecular complexity index is 749. The topological polar surface area (TPSA) is 54.6 Å². The lowest BCUT2D eigenvalue weighted by Gasteiger charge is -2.00. The van der Waals surface area contributed by atoms with Crippen LogP contribution >= 0.6 is 11.6 Å². The maximum Gasteiger partial charge on any atom is 0.356 e. The van der Waals surface area contributed by atoms with Crippen molar-refractivity contribution in [3.63, 3.8) is 0 Å². The number of carboxylic acid groups (broad SMARTS) is 1. The van der Waals surface area contributed by atoms with Crippen LogP contribution in [0, 0.1) is 0 Å². The van der Waals surface area contributed by atoms with Gasteiger partial charge in [-0.15, -0.1) is 0 Å². The molecule has 1 N–H and O–H groups in total. The molecule has 0 radical (unpaired) electrons. The van der Waals surface area contributed by atoms with Gasteiger partial charge in [0.25, 0.3) is 0 Å². The Kier molecular flexibility index (Phi) is 2.06. The van der Waals surface area contributed by atoms with Crippen molar-refractivity contribution in [2.24, 2.45) is 0 Å². The molecule has 3 rings (SSSR count). The molecular weight excluding hydrogens is 240 g/mol. The van der Waals surface area contributed by atoms with E-state index < -0.39 is 5.97 Å². The first kappa shape index (κ1) is 10.1. The van der Waals surface area contributed by atoms with Crippen LogP contribution in [0.3, 0.4) is 0 Å². The zero-order valence-electron chi connectivity index (χ0n) is 8.59. The summed E-state index contributed by atoms with van der Waals surface area (Å²) in [6, 6.07) is 7.35. The van der Waals surface area contributed by atoms with E-state index in [1.54, 1.807) is 22.7 Å². The van der Waals surface area contributed by atoms with E-state index in [9.17, 15) is 4.79 Å². The Morgan fingerprint density at radius 3 is 2.94 bits per heavy atom. The molecule has 0 aliphatic carbocycles. The number of imidazole rings is 1. The smallest absolute Gasteiger partial charge is 0.356 e. The number of rotatable bonds is 1. The number of hydrogen-bond acceptors (Lipinski definition) is 2. The van der Waals surface area contributed by atoms with E-state index >= 15 is 0 Å². The first-order chi connectivity index (χ1) is 8.15. The molecule has 5 heteroatoms. The van der Waals surface area contributed by atoms with Gasteiger partial charge < -0.3 is 9.51 Å². The third kappa shape index (κ3) is 1.54. The third-order valence-corrected chi connectivity index (χ3v) is 2.86. The summed E-state index contributed by atoms with van der Waals surface area (Å²) >= 11 is 5.94. The van der Waals surface area contributed by atoms with Crippen molar-refractivity contribution in [3.05, 3.63) is 47.4 Å². The maximum absolute atomic E-state index is 10.9. The van der Waals surface area contributed by atoms with Gasteiger partial charge in [-0.25, -0.2) is 9.78 Å². The molecule has 0 aliphatic heterocycles. The van der Waals surface area contributed by atoms with Gasteiger partial charge >= 0.3 is 5.97 Å². The zero-order valence-corrected chi connectivity index (χ0v) is 9.35. The summed E-state index contributed by atoms with van der Waals surface area (Å²) in [6.45, 7) is 0. The maximum atomic E-state index is 10.9. The summed E-state index contributed by atoms with van der Waals surface area (Å²) in [5.74, 6) is -1.04. The molecule has 1 aromatic carbocycles. The minimum atomic E-state index is -1.04. The SMILES string of the molecule is O=C(O)c1cn2ccc3ccc(Cl)cc3c2n1. The van der Waals surface area contributed by atoms with Gasteiger partial charge in [0, 0.05) is 22.8 Å². The highest BCUT2D eigenvalue weighted by Gasteiger charge is 2.10. The fourth-order valence-electron chi connectivity index (χ4n) is 1.84. The van der Waals surface area contributed by atoms with Crippen molar-refractivity contribution in [1.82, 2.24) is 9.38 Å². The molecule has 0 aliphatic rings. The number of fused-ring (bicyclic) bond motifs is 3. The van der Waals surface area contributed by atoms with E-state index in [4.69, 9.17) is 16.7 Å². The van der Waals surface area contributed by atoms with Crippen LogP contribution < -0.4 is 0 Å². The van der Waals surface area contributed by atoms with Crippen LogP contribution in [0.1, 0.15) is 10.5 Å². The number of carbonyl (C=O) groups is 1. The second kappa shape index (κ2) is 3.46. The highest BCUT2D eigenvalue weighted by Crippen LogP contribution is 2.23. The largest absolute Gasteiger partial charge is 0.476 e. The van der Waals surface area contributed by atoms with Gasteiger partial charge in [-0.2, -0.15) is 0 Å². The minimum Gasteiger partial charge on any atom is -0.476 e. The molecular formula is C12H7ClN2O2. The summed E-state index contributed by atoms with van der Waals surface area (Å²) in [4.78, 5) is 15.0. The fraction of sp³-hybridized carbons (Fsp3) is 0. The molecule has 0 spiro atoms.